The van der Waals surface area contributed by atoms with Crippen LogP contribution in [-0.2, 0) is 6.54 Å². The molecule has 0 amide bonds. The average molecular weight is 292 g/mol. The van der Waals surface area contributed by atoms with Gasteiger partial charge in [-0.25, -0.2) is 5.43 Å². The van der Waals surface area contributed by atoms with E-state index in [1.165, 1.54) is 11.9 Å². The number of hydroxylamine groups is 2. The fourth-order valence-corrected chi connectivity index (χ4v) is 2.18. The Labute approximate surface area is 113 Å². The Bertz CT molecular complexity index is 524. The van der Waals surface area contributed by atoms with E-state index in [1.807, 2.05) is 0 Å². The van der Waals surface area contributed by atoms with E-state index in [9.17, 15) is 18.4 Å². The summed E-state index contributed by atoms with van der Waals surface area (Å²) in [7, 11) is 1.13. The molecule has 9 heteroatoms. The fourth-order valence-electron chi connectivity index (χ4n) is 2.18. The number of quaternary nitrogens is 1. The third-order valence-corrected chi connectivity index (χ3v) is 3.07. The first-order valence-corrected chi connectivity index (χ1v) is 5.94. The number of likely N-dealkylation sites (N-methyl/N-ethyl adjacent to an activating group) is 1. The van der Waals surface area contributed by atoms with Gasteiger partial charge in [-0.2, -0.15) is 13.2 Å². The largest absolute Gasteiger partial charge is 0.629 e. The van der Waals surface area contributed by atoms with Gasteiger partial charge in [-0.05, 0) is 13.8 Å². The molecule has 1 aliphatic rings. The highest BCUT2D eigenvalue weighted by atomic mass is 19.4. The van der Waals surface area contributed by atoms with Gasteiger partial charge in [-0.15, -0.1) is 0 Å². The monoisotopic (exact) mass is 292 g/mol. The number of nitrogens with one attached hydrogen (secondary N) is 2. The predicted molar refractivity (Wildman–Crippen MR) is 62.7 cm³/mol. The third kappa shape index (κ3) is 2.79. The van der Waals surface area contributed by atoms with Crippen LogP contribution in [0.1, 0.15) is 18.4 Å². The number of rotatable bonds is 3. The molecule has 1 aromatic heterocycles. The second-order valence-electron chi connectivity index (χ2n) is 4.68. The summed E-state index contributed by atoms with van der Waals surface area (Å²) in [6.07, 6.45) is -4.53. The zero-order chi connectivity index (χ0) is 15.1. The maximum absolute atomic E-state index is 12.9. The van der Waals surface area contributed by atoms with E-state index in [0.717, 1.165) is 7.05 Å². The van der Waals surface area contributed by atoms with Crippen LogP contribution in [0.5, 0.6) is 0 Å². The number of aryl methyl sites for hydroxylation is 1. The lowest BCUT2D eigenvalue weighted by molar-refractivity contribution is -0.786. The molecule has 112 valence electrons. The smallest absolute Gasteiger partial charge is 0.414 e. The zero-order valence-electron chi connectivity index (χ0n) is 11.2. The Balaban J connectivity index is 2.24. The normalized spacial score (nSPS) is 21.8. The number of hydrogen-bond acceptors (Lipinski definition) is 5. The van der Waals surface area contributed by atoms with Crippen molar-refractivity contribution in [2.24, 2.45) is 0 Å². The van der Waals surface area contributed by atoms with Crippen molar-refractivity contribution in [3.8, 4) is 0 Å². The van der Waals surface area contributed by atoms with Crippen LogP contribution in [0.2, 0.25) is 0 Å². The molecule has 0 fully saturated rings. The molecule has 6 nitrogen and oxygen atoms in total. The number of halogens is 3. The Kier molecular flexibility index (Phi) is 3.76. The molecular formula is C11H15F3N4O2. The van der Waals surface area contributed by atoms with Crippen LogP contribution in [0.15, 0.2) is 22.0 Å². The summed E-state index contributed by atoms with van der Waals surface area (Å²) >= 11 is 0. The van der Waals surface area contributed by atoms with Crippen LogP contribution < -0.4 is 10.5 Å². The second kappa shape index (κ2) is 5.08. The maximum Gasteiger partial charge on any atom is 0.414 e. The lowest BCUT2D eigenvalue weighted by atomic mass is 10.2. The fraction of sp³-hybridized carbons (Fsp3) is 0.545. The minimum Gasteiger partial charge on any atom is -0.629 e. The van der Waals surface area contributed by atoms with Crippen molar-refractivity contribution in [2.45, 2.75) is 32.6 Å². The van der Waals surface area contributed by atoms with Gasteiger partial charge in [0.1, 0.15) is 0 Å². The van der Waals surface area contributed by atoms with Crippen LogP contribution in [0.4, 0.5) is 13.2 Å². The summed E-state index contributed by atoms with van der Waals surface area (Å²) in [5, 5.41) is 15.8. The van der Waals surface area contributed by atoms with Gasteiger partial charge in [-0.3, -0.25) is 5.01 Å². The van der Waals surface area contributed by atoms with Crippen molar-refractivity contribution < 1.29 is 22.8 Å². The molecule has 0 spiro atoms. The molecule has 2 atom stereocenters. The minimum atomic E-state index is -4.53. The van der Waals surface area contributed by atoms with E-state index in [4.69, 9.17) is 4.52 Å². The van der Waals surface area contributed by atoms with Gasteiger partial charge in [0.15, 0.2) is 17.5 Å². The van der Waals surface area contributed by atoms with Crippen LogP contribution in [0.25, 0.3) is 0 Å². The van der Waals surface area contributed by atoms with Gasteiger partial charge in [0.25, 0.3) is 0 Å². The van der Waals surface area contributed by atoms with Crippen molar-refractivity contribution in [1.82, 2.24) is 15.6 Å². The van der Waals surface area contributed by atoms with Gasteiger partial charge >= 0.3 is 6.18 Å². The first kappa shape index (κ1) is 14.8. The molecule has 2 unspecified atom stereocenters. The molecule has 0 aliphatic carbocycles. The molecule has 0 saturated heterocycles. The Morgan fingerprint density at radius 2 is 2.15 bits per heavy atom. The van der Waals surface area contributed by atoms with Gasteiger partial charge in [-0.1, -0.05) is 5.16 Å². The standard InChI is InChI=1S/C11H15F3N4O2/c1-6-4-8(20-16-6)5-18-7(2)9(17(3)19)10(15-18)11(12,13)14/h4,10,15,17H,5H2,1-3H3. The molecule has 0 radical (unpaired) electrons. The van der Waals surface area contributed by atoms with Gasteiger partial charge in [0.05, 0.1) is 25.0 Å². The molecule has 0 saturated carbocycles. The molecule has 1 aromatic rings. The molecule has 2 N–H and O–H groups in total. The van der Waals surface area contributed by atoms with Crippen molar-refractivity contribution in [2.75, 3.05) is 7.05 Å². The van der Waals surface area contributed by atoms with Crippen LogP contribution in [0.3, 0.4) is 0 Å². The van der Waals surface area contributed by atoms with E-state index < -0.39 is 17.3 Å². The van der Waals surface area contributed by atoms with Crippen LogP contribution >= 0.6 is 0 Å². The van der Waals surface area contributed by atoms with Crippen LogP contribution in [-0.4, -0.2) is 29.4 Å². The van der Waals surface area contributed by atoms with E-state index >= 15 is 0 Å². The highest BCUT2D eigenvalue weighted by Gasteiger charge is 2.50. The van der Waals surface area contributed by atoms with Crippen molar-refractivity contribution in [3.63, 3.8) is 0 Å². The van der Waals surface area contributed by atoms with E-state index in [1.54, 1.807) is 13.0 Å². The van der Waals surface area contributed by atoms with Gasteiger partial charge in [0.2, 0.25) is 0 Å². The number of aromatic nitrogens is 1. The SMILES string of the molecule is CC1=C([NH+](C)[O-])C(C(F)(F)F)NN1Cc1cc(C)no1. The van der Waals surface area contributed by atoms with E-state index in [-0.39, 0.29) is 17.9 Å². The second-order valence-corrected chi connectivity index (χ2v) is 4.68. The predicted octanol–water partition coefficient (Wildman–Crippen LogP) is 0.478. The minimum absolute atomic E-state index is 0.0655. The van der Waals surface area contributed by atoms with Gasteiger partial charge < -0.3 is 14.8 Å². The maximum atomic E-state index is 12.9. The molecular weight excluding hydrogens is 277 g/mol. The average Bonchev–Trinajstić information content (AvgIpc) is 2.84. The topological polar surface area (TPSA) is 68.8 Å². The number of hydrazine groups is 1. The molecule has 20 heavy (non-hydrogen) atoms. The van der Waals surface area contributed by atoms with Gasteiger partial charge in [0, 0.05) is 6.07 Å². The number of allylic oxidation sites excluding steroid dienone is 1. The highest BCUT2D eigenvalue weighted by Crippen LogP contribution is 2.30. The molecule has 0 aromatic carbocycles. The van der Waals surface area contributed by atoms with E-state index in [2.05, 4.69) is 10.6 Å². The Morgan fingerprint density at radius 1 is 1.50 bits per heavy atom. The molecule has 1 aliphatic heterocycles. The van der Waals surface area contributed by atoms with Crippen molar-refractivity contribution in [1.29, 1.82) is 0 Å². The van der Waals surface area contributed by atoms with Crippen LogP contribution in [0, 0.1) is 12.1 Å². The van der Waals surface area contributed by atoms with Crippen molar-refractivity contribution in [3.05, 3.63) is 34.1 Å². The molecule has 2 heterocycles. The first-order chi connectivity index (χ1) is 9.20. The lowest BCUT2D eigenvalue weighted by Gasteiger charge is -2.24. The zero-order valence-corrected chi connectivity index (χ0v) is 11.2. The number of nitrogens with zero attached hydrogens (tertiary/aromatic N) is 2. The van der Waals surface area contributed by atoms with E-state index in [0.29, 0.717) is 11.5 Å². The number of alkyl halides is 3. The Hall–Kier alpha value is -1.58. The first-order valence-electron chi connectivity index (χ1n) is 5.94. The number of hydrogen-bond donors (Lipinski definition) is 2. The quantitative estimate of drug-likeness (QED) is 0.793. The summed E-state index contributed by atoms with van der Waals surface area (Å²) in [5.41, 5.74) is 2.91. The summed E-state index contributed by atoms with van der Waals surface area (Å²) in [6.45, 7) is 3.25. The summed E-state index contributed by atoms with van der Waals surface area (Å²) in [4.78, 5) is 0. The third-order valence-electron chi connectivity index (χ3n) is 3.07. The summed E-state index contributed by atoms with van der Waals surface area (Å²) in [5.74, 6) is 0.417. The summed E-state index contributed by atoms with van der Waals surface area (Å²) in [6, 6.07) is -0.354. The molecule has 0 bridgehead atoms. The molecule has 2 rings (SSSR count). The lowest BCUT2D eigenvalue weighted by Crippen LogP contribution is -3.03. The Morgan fingerprint density at radius 3 is 2.55 bits per heavy atom. The van der Waals surface area contributed by atoms with Crippen molar-refractivity contribution >= 4 is 0 Å². The highest BCUT2D eigenvalue weighted by molar-refractivity contribution is 5.19. The summed E-state index contributed by atoms with van der Waals surface area (Å²) < 4.78 is 43.8.